The number of amides is 1. The Morgan fingerprint density at radius 3 is 2.18 bits per heavy atom. The Morgan fingerprint density at radius 1 is 1.00 bits per heavy atom. The second-order valence-electron chi connectivity index (χ2n) is 5.64. The van der Waals surface area contributed by atoms with E-state index in [9.17, 15) is 31.1 Å². The molecule has 3 nitrogen and oxygen atoms in total. The monoisotopic (exact) mass is 436 g/mol. The van der Waals surface area contributed by atoms with Gasteiger partial charge >= 0.3 is 12.4 Å². The second-order valence-corrected chi connectivity index (χ2v) is 7.45. The summed E-state index contributed by atoms with van der Waals surface area (Å²) in [5.74, 6) is -0.768. The van der Waals surface area contributed by atoms with Crippen molar-refractivity contribution in [3.8, 4) is 9.88 Å². The molecule has 0 aliphatic heterocycles. The molecule has 148 valence electrons. The lowest BCUT2D eigenvalue weighted by atomic mass is 10.1. The zero-order valence-electron chi connectivity index (χ0n) is 13.7. The molecule has 1 N–H and O–H groups in total. The summed E-state index contributed by atoms with van der Waals surface area (Å²) < 4.78 is 77.2. The van der Waals surface area contributed by atoms with Crippen LogP contribution in [0, 0.1) is 0 Å². The highest BCUT2D eigenvalue weighted by Gasteiger charge is 2.37. The summed E-state index contributed by atoms with van der Waals surface area (Å²) in [4.78, 5) is 17.2. The lowest BCUT2D eigenvalue weighted by Crippen LogP contribution is -2.17. The van der Waals surface area contributed by atoms with E-state index in [2.05, 4.69) is 10.3 Å². The van der Waals surface area contributed by atoms with Crippen LogP contribution in [0.15, 0.2) is 41.1 Å². The third-order valence-electron chi connectivity index (χ3n) is 3.50. The third kappa shape index (κ3) is 4.90. The van der Waals surface area contributed by atoms with Gasteiger partial charge in [0.05, 0.1) is 28.1 Å². The first-order valence-electron chi connectivity index (χ1n) is 7.60. The molecule has 2 heterocycles. The van der Waals surface area contributed by atoms with Crippen molar-refractivity contribution in [1.29, 1.82) is 0 Å². The fraction of sp³-hybridized carbons (Fsp3) is 0.176. The van der Waals surface area contributed by atoms with Crippen molar-refractivity contribution in [2.24, 2.45) is 0 Å². The Hall–Kier alpha value is -2.40. The number of anilines is 1. The van der Waals surface area contributed by atoms with Gasteiger partial charge in [-0.15, -0.1) is 22.7 Å². The smallest absolute Gasteiger partial charge is 0.326 e. The lowest BCUT2D eigenvalue weighted by Gasteiger charge is -2.14. The van der Waals surface area contributed by atoms with Crippen molar-refractivity contribution >= 4 is 34.3 Å². The van der Waals surface area contributed by atoms with E-state index in [-0.39, 0.29) is 12.5 Å². The Kier molecular flexibility index (Phi) is 5.48. The van der Waals surface area contributed by atoms with E-state index in [0.29, 0.717) is 22.8 Å². The van der Waals surface area contributed by atoms with Crippen molar-refractivity contribution in [2.45, 2.75) is 18.8 Å². The predicted molar refractivity (Wildman–Crippen MR) is 94.2 cm³/mol. The Morgan fingerprint density at radius 2 is 1.64 bits per heavy atom. The zero-order chi connectivity index (χ0) is 20.5. The minimum atomic E-state index is -4.98. The van der Waals surface area contributed by atoms with Crippen LogP contribution >= 0.6 is 22.7 Å². The number of aromatic nitrogens is 1. The van der Waals surface area contributed by atoms with Crippen LogP contribution in [0.1, 0.15) is 16.8 Å². The number of hydrogen-bond donors (Lipinski definition) is 1. The average molecular weight is 436 g/mol. The molecule has 1 amide bonds. The van der Waals surface area contributed by atoms with Gasteiger partial charge in [0.2, 0.25) is 5.91 Å². The average Bonchev–Trinajstić information content (AvgIpc) is 3.23. The molecular formula is C17H10F6N2OS2. The van der Waals surface area contributed by atoms with Crippen molar-refractivity contribution in [3.05, 3.63) is 57.9 Å². The van der Waals surface area contributed by atoms with Crippen LogP contribution < -0.4 is 5.32 Å². The molecule has 0 unspecified atom stereocenters. The number of thiophene rings is 1. The standard InChI is InChI=1S/C17H10F6N2OS2/c18-16(19,20)9-4-10(17(21,22)23)6-11(5-9)24-14(26)7-12-8-28-15(25-12)13-2-1-3-27-13/h1-6,8H,7H2,(H,24,26). The first-order valence-corrected chi connectivity index (χ1v) is 9.36. The van der Waals surface area contributed by atoms with Crippen LogP contribution in [0.3, 0.4) is 0 Å². The molecule has 28 heavy (non-hydrogen) atoms. The normalized spacial score (nSPS) is 12.2. The van der Waals surface area contributed by atoms with Gasteiger partial charge in [-0.05, 0) is 29.6 Å². The largest absolute Gasteiger partial charge is 0.416 e. The van der Waals surface area contributed by atoms with Gasteiger partial charge in [-0.25, -0.2) is 4.98 Å². The maximum Gasteiger partial charge on any atom is 0.416 e. The minimum Gasteiger partial charge on any atom is -0.326 e. The number of alkyl halides is 6. The second kappa shape index (κ2) is 7.55. The van der Waals surface area contributed by atoms with E-state index in [1.54, 1.807) is 5.38 Å². The highest BCUT2D eigenvalue weighted by molar-refractivity contribution is 7.20. The maximum atomic E-state index is 12.9. The molecule has 0 bridgehead atoms. The fourth-order valence-electron chi connectivity index (χ4n) is 2.30. The number of thiazole rings is 1. The number of benzene rings is 1. The molecule has 1 aromatic carbocycles. The number of carbonyl (C=O) groups excluding carboxylic acids is 1. The number of nitrogens with zero attached hydrogens (tertiary/aromatic N) is 1. The third-order valence-corrected chi connectivity index (χ3v) is 5.43. The summed E-state index contributed by atoms with van der Waals surface area (Å²) in [5.41, 5.74) is -3.20. The molecule has 2 aromatic heterocycles. The number of halogens is 6. The Labute approximate surface area is 162 Å². The van der Waals surface area contributed by atoms with Crippen LogP contribution in [0.25, 0.3) is 9.88 Å². The number of carbonyl (C=O) groups is 1. The van der Waals surface area contributed by atoms with Crippen LogP contribution in [-0.2, 0) is 23.6 Å². The van der Waals surface area contributed by atoms with Crippen molar-refractivity contribution in [2.75, 3.05) is 5.32 Å². The minimum absolute atomic E-state index is 0.00336. The van der Waals surface area contributed by atoms with Crippen LogP contribution in [0.5, 0.6) is 0 Å². The van der Waals surface area contributed by atoms with Gasteiger partial charge in [0.25, 0.3) is 0 Å². The van der Waals surface area contributed by atoms with E-state index in [0.717, 1.165) is 4.88 Å². The molecule has 11 heteroatoms. The molecule has 0 saturated carbocycles. The molecule has 0 fully saturated rings. The molecule has 0 radical (unpaired) electrons. The van der Waals surface area contributed by atoms with Gasteiger partial charge in [-0.1, -0.05) is 6.07 Å². The molecule has 0 aliphatic rings. The molecule has 0 aliphatic carbocycles. The molecular weight excluding hydrogens is 426 g/mol. The number of nitrogens with one attached hydrogen (secondary N) is 1. The Balaban J connectivity index is 1.78. The molecule has 3 aromatic rings. The molecule has 0 spiro atoms. The lowest BCUT2D eigenvalue weighted by molar-refractivity contribution is -0.143. The van der Waals surface area contributed by atoms with Crippen LogP contribution in [0.2, 0.25) is 0 Å². The van der Waals surface area contributed by atoms with Gasteiger partial charge in [0, 0.05) is 11.1 Å². The van der Waals surface area contributed by atoms with Gasteiger partial charge in [-0.3, -0.25) is 4.79 Å². The predicted octanol–water partition coefficient (Wildman–Crippen LogP) is 6.09. The number of hydrogen-bond acceptors (Lipinski definition) is 4. The van der Waals surface area contributed by atoms with E-state index in [4.69, 9.17) is 0 Å². The summed E-state index contributed by atoms with van der Waals surface area (Å²) >= 11 is 2.74. The summed E-state index contributed by atoms with van der Waals surface area (Å²) in [7, 11) is 0. The topological polar surface area (TPSA) is 42.0 Å². The number of rotatable bonds is 4. The van der Waals surface area contributed by atoms with Gasteiger partial charge in [-0.2, -0.15) is 26.3 Å². The molecule has 0 saturated heterocycles. The van der Waals surface area contributed by atoms with Crippen LogP contribution in [-0.4, -0.2) is 10.9 Å². The molecule has 3 rings (SSSR count). The van der Waals surface area contributed by atoms with Gasteiger partial charge in [0.1, 0.15) is 5.01 Å². The summed E-state index contributed by atoms with van der Waals surface area (Å²) in [5, 5.41) is 6.23. The van der Waals surface area contributed by atoms with E-state index in [1.165, 1.54) is 22.7 Å². The van der Waals surface area contributed by atoms with Crippen molar-refractivity contribution in [3.63, 3.8) is 0 Å². The maximum absolute atomic E-state index is 12.9. The summed E-state index contributed by atoms with van der Waals surface area (Å²) in [6.07, 6.45) is -10.2. The summed E-state index contributed by atoms with van der Waals surface area (Å²) in [6, 6.07) is 4.61. The quantitative estimate of drug-likeness (QED) is 0.503. The van der Waals surface area contributed by atoms with Gasteiger partial charge in [0.15, 0.2) is 0 Å². The van der Waals surface area contributed by atoms with Crippen molar-refractivity contribution < 1.29 is 31.1 Å². The highest BCUT2D eigenvalue weighted by Crippen LogP contribution is 2.37. The highest BCUT2D eigenvalue weighted by atomic mass is 32.1. The van der Waals surface area contributed by atoms with Crippen LogP contribution in [0.4, 0.5) is 32.0 Å². The Bertz CT molecular complexity index is 944. The first-order chi connectivity index (χ1) is 13.0. The first kappa shape index (κ1) is 20.3. The summed E-state index contributed by atoms with van der Waals surface area (Å²) in [6.45, 7) is 0. The van der Waals surface area contributed by atoms with E-state index < -0.39 is 35.1 Å². The van der Waals surface area contributed by atoms with Crippen molar-refractivity contribution in [1.82, 2.24) is 4.98 Å². The molecule has 0 atom stereocenters. The SMILES string of the molecule is O=C(Cc1csc(-c2cccs2)n1)Nc1cc(C(F)(F)F)cc(C(F)(F)F)c1. The fourth-order valence-corrected chi connectivity index (χ4v) is 3.93. The van der Waals surface area contributed by atoms with Gasteiger partial charge < -0.3 is 5.32 Å². The zero-order valence-corrected chi connectivity index (χ0v) is 15.3. The van der Waals surface area contributed by atoms with E-state index >= 15 is 0 Å². The van der Waals surface area contributed by atoms with E-state index in [1.807, 2.05) is 17.5 Å².